The van der Waals surface area contributed by atoms with Crippen molar-refractivity contribution in [3.8, 4) is 11.5 Å². The average molecular weight is 378 g/mol. The topological polar surface area (TPSA) is 85.4 Å². The van der Waals surface area contributed by atoms with Crippen molar-refractivity contribution in [1.82, 2.24) is 9.97 Å². The third-order valence-electron chi connectivity index (χ3n) is 4.07. The quantitative estimate of drug-likeness (QED) is 0.653. The Balaban J connectivity index is 1.76. The van der Waals surface area contributed by atoms with E-state index in [0.717, 1.165) is 11.3 Å². The monoisotopic (exact) mass is 378 g/mol. The molecule has 0 saturated carbocycles. The number of carbonyl (C=O) groups is 1. The highest BCUT2D eigenvalue weighted by Crippen LogP contribution is 2.24. The summed E-state index contributed by atoms with van der Waals surface area (Å²) in [7, 11) is 3.18. The highest BCUT2D eigenvalue weighted by atomic mass is 16.5. The molecule has 1 heterocycles. The van der Waals surface area contributed by atoms with E-state index in [1.165, 1.54) is 0 Å². The maximum absolute atomic E-state index is 12.7. The van der Waals surface area contributed by atoms with Crippen LogP contribution in [0.25, 0.3) is 0 Å². The minimum atomic E-state index is -0.338. The lowest BCUT2D eigenvalue weighted by Gasteiger charge is -2.12. The summed E-state index contributed by atoms with van der Waals surface area (Å²) in [5, 5.41) is 5.97. The third kappa shape index (κ3) is 4.56. The molecule has 0 aliphatic carbocycles. The normalized spacial score (nSPS) is 10.2. The fourth-order valence-corrected chi connectivity index (χ4v) is 2.72. The van der Waals surface area contributed by atoms with Crippen molar-refractivity contribution >= 4 is 17.5 Å². The summed E-state index contributed by atoms with van der Waals surface area (Å²) in [5.74, 6) is 1.39. The van der Waals surface area contributed by atoms with Crippen LogP contribution in [0.1, 0.15) is 21.7 Å². The molecule has 0 radical (unpaired) electrons. The van der Waals surface area contributed by atoms with Crippen LogP contribution in [-0.2, 0) is 6.54 Å². The van der Waals surface area contributed by atoms with Crippen molar-refractivity contribution in [2.24, 2.45) is 0 Å². The molecule has 3 rings (SSSR count). The summed E-state index contributed by atoms with van der Waals surface area (Å²) in [4.78, 5) is 21.4. The summed E-state index contributed by atoms with van der Waals surface area (Å²) in [5.41, 5.74) is 2.49. The van der Waals surface area contributed by atoms with Crippen molar-refractivity contribution < 1.29 is 14.3 Å². The van der Waals surface area contributed by atoms with Crippen LogP contribution in [0.2, 0.25) is 0 Å². The number of para-hydroxylation sites is 3. The Morgan fingerprint density at radius 1 is 0.964 bits per heavy atom. The van der Waals surface area contributed by atoms with E-state index in [0.29, 0.717) is 29.6 Å². The maximum atomic E-state index is 12.7. The lowest BCUT2D eigenvalue weighted by Crippen LogP contribution is -2.16. The molecule has 2 aromatic carbocycles. The second-order valence-electron chi connectivity index (χ2n) is 6.04. The molecule has 2 N–H and O–H groups in total. The number of methoxy groups -OCH3 is 2. The van der Waals surface area contributed by atoms with Crippen molar-refractivity contribution in [3.63, 3.8) is 0 Å². The van der Waals surface area contributed by atoms with Gasteiger partial charge in [0.15, 0.2) is 0 Å². The number of benzene rings is 2. The molecule has 7 nitrogen and oxygen atoms in total. The summed E-state index contributed by atoms with van der Waals surface area (Å²) >= 11 is 0. The number of aryl methyl sites for hydroxylation is 1. The molecule has 28 heavy (non-hydrogen) atoms. The predicted octanol–water partition coefficient (Wildman–Crippen LogP) is 3.67. The molecule has 0 bridgehead atoms. The van der Waals surface area contributed by atoms with Crippen LogP contribution in [-0.4, -0.2) is 30.1 Å². The number of anilines is 2. The molecule has 1 aromatic heterocycles. The zero-order valence-corrected chi connectivity index (χ0v) is 16.0. The minimum absolute atomic E-state index is 0.265. The van der Waals surface area contributed by atoms with Crippen LogP contribution in [0.5, 0.6) is 11.5 Å². The van der Waals surface area contributed by atoms with Crippen molar-refractivity contribution in [1.29, 1.82) is 0 Å². The largest absolute Gasteiger partial charge is 0.496 e. The second-order valence-corrected chi connectivity index (χ2v) is 6.04. The Morgan fingerprint density at radius 2 is 1.64 bits per heavy atom. The van der Waals surface area contributed by atoms with Crippen molar-refractivity contribution in [3.05, 3.63) is 71.5 Å². The van der Waals surface area contributed by atoms with E-state index in [9.17, 15) is 4.79 Å². The number of nitrogens with zero attached hydrogens (tertiary/aromatic N) is 2. The Morgan fingerprint density at radius 3 is 2.39 bits per heavy atom. The molecular formula is C21H22N4O3. The summed E-state index contributed by atoms with van der Waals surface area (Å²) in [6.07, 6.45) is 0. The van der Waals surface area contributed by atoms with E-state index >= 15 is 0 Å². The number of hydrogen-bond acceptors (Lipinski definition) is 6. The molecule has 1 amide bonds. The molecule has 0 unspecified atom stereocenters. The Hall–Kier alpha value is -3.61. The zero-order valence-electron chi connectivity index (χ0n) is 16.0. The lowest BCUT2D eigenvalue weighted by atomic mass is 10.2. The van der Waals surface area contributed by atoms with Gasteiger partial charge in [0.25, 0.3) is 5.91 Å². The first-order valence-corrected chi connectivity index (χ1v) is 8.76. The molecule has 0 atom stereocenters. The number of amides is 1. The highest BCUT2D eigenvalue weighted by Gasteiger charge is 2.13. The summed E-state index contributed by atoms with van der Waals surface area (Å²) < 4.78 is 10.6. The van der Waals surface area contributed by atoms with Gasteiger partial charge in [0.05, 0.1) is 19.9 Å². The smallest absolute Gasteiger partial charge is 0.274 e. The van der Waals surface area contributed by atoms with Gasteiger partial charge in [-0.3, -0.25) is 4.79 Å². The van der Waals surface area contributed by atoms with E-state index < -0.39 is 0 Å². The van der Waals surface area contributed by atoms with Gasteiger partial charge in [0.1, 0.15) is 17.2 Å². The van der Waals surface area contributed by atoms with Gasteiger partial charge in [0.2, 0.25) is 5.95 Å². The SMILES string of the molecule is COc1ccccc1CNc1nc(C)cc(C(=O)Nc2ccccc2OC)n1. The van der Waals surface area contributed by atoms with E-state index in [1.54, 1.807) is 32.4 Å². The number of ether oxygens (including phenoxy) is 2. The van der Waals surface area contributed by atoms with E-state index in [2.05, 4.69) is 20.6 Å². The minimum Gasteiger partial charge on any atom is -0.496 e. The van der Waals surface area contributed by atoms with Crippen LogP contribution >= 0.6 is 0 Å². The molecule has 3 aromatic rings. The number of rotatable bonds is 7. The van der Waals surface area contributed by atoms with Gasteiger partial charge in [0, 0.05) is 17.8 Å². The van der Waals surface area contributed by atoms with Crippen LogP contribution in [0, 0.1) is 6.92 Å². The zero-order chi connectivity index (χ0) is 19.9. The predicted molar refractivity (Wildman–Crippen MR) is 108 cm³/mol. The number of nitrogens with one attached hydrogen (secondary N) is 2. The van der Waals surface area contributed by atoms with E-state index in [1.807, 2.05) is 43.3 Å². The van der Waals surface area contributed by atoms with Crippen LogP contribution < -0.4 is 20.1 Å². The van der Waals surface area contributed by atoms with Crippen LogP contribution in [0.15, 0.2) is 54.6 Å². The van der Waals surface area contributed by atoms with E-state index in [4.69, 9.17) is 9.47 Å². The average Bonchev–Trinajstić information content (AvgIpc) is 2.72. The molecule has 7 heteroatoms. The first-order chi connectivity index (χ1) is 13.6. The van der Waals surface area contributed by atoms with Gasteiger partial charge in [-0.15, -0.1) is 0 Å². The van der Waals surface area contributed by atoms with Gasteiger partial charge in [-0.05, 0) is 31.2 Å². The van der Waals surface area contributed by atoms with Crippen molar-refractivity contribution in [2.45, 2.75) is 13.5 Å². The van der Waals surface area contributed by atoms with Gasteiger partial charge < -0.3 is 20.1 Å². The fourth-order valence-electron chi connectivity index (χ4n) is 2.72. The fraction of sp³-hybridized carbons (Fsp3) is 0.190. The molecule has 0 spiro atoms. The first kappa shape index (κ1) is 19.2. The van der Waals surface area contributed by atoms with Gasteiger partial charge in [-0.1, -0.05) is 30.3 Å². The van der Waals surface area contributed by atoms with Gasteiger partial charge >= 0.3 is 0 Å². The lowest BCUT2D eigenvalue weighted by molar-refractivity contribution is 0.102. The van der Waals surface area contributed by atoms with Gasteiger partial charge in [-0.2, -0.15) is 0 Å². The standard InChI is InChI=1S/C21H22N4O3/c1-14-12-17(20(26)24-16-9-5-7-11-19(16)28-3)25-21(23-14)22-13-15-8-4-6-10-18(15)27-2/h4-12H,13H2,1-3H3,(H,24,26)(H,22,23,25). The molecule has 0 saturated heterocycles. The second kappa shape index (κ2) is 8.85. The Kier molecular flexibility index (Phi) is 6.06. The number of aromatic nitrogens is 2. The molecule has 0 aliphatic rings. The maximum Gasteiger partial charge on any atom is 0.274 e. The molecular weight excluding hydrogens is 356 g/mol. The summed E-state index contributed by atoms with van der Waals surface area (Å²) in [6.45, 7) is 2.29. The first-order valence-electron chi connectivity index (χ1n) is 8.76. The van der Waals surface area contributed by atoms with E-state index in [-0.39, 0.29) is 11.6 Å². The Labute approximate surface area is 163 Å². The van der Waals surface area contributed by atoms with Crippen LogP contribution in [0.4, 0.5) is 11.6 Å². The van der Waals surface area contributed by atoms with Gasteiger partial charge in [-0.25, -0.2) is 9.97 Å². The molecule has 0 fully saturated rings. The van der Waals surface area contributed by atoms with Crippen molar-refractivity contribution in [2.75, 3.05) is 24.9 Å². The number of hydrogen-bond donors (Lipinski definition) is 2. The molecule has 144 valence electrons. The molecule has 0 aliphatic heterocycles. The number of carbonyl (C=O) groups excluding carboxylic acids is 1. The van der Waals surface area contributed by atoms with Crippen LogP contribution in [0.3, 0.4) is 0 Å². The Bertz CT molecular complexity index is 975. The summed E-state index contributed by atoms with van der Waals surface area (Å²) in [6, 6.07) is 16.5. The third-order valence-corrected chi connectivity index (χ3v) is 4.07. The highest BCUT2D eigenvalue weighted by molar-refractivity contribution is 6.03.